The summed E-state index contributed by atoms with van der Waals surface area (Å²) in [6, 6.07) is 12.6. The summed E-state index contributed by atoms with van der Waals surface area (Å²) in [6.45, 7) is 3.37. The summed E-state index contributed by atoms with van der Waals surface area (Å²) < 4.78 is 24.3. The number of ether oxygens (including phenoxy) is 2. The van der Waals surface area contributed by atoms with E-state index < -0.39 is 17.3 Å². The minimum absolute atomic E-state index is 0.0185. The highest BCUT2D eigenvalue weighted by Gasteiger charge is 2.27. The van der Waals surface area contributed by atoms with E-state index in [9.17, 15) is 14.3 Å². The second-order valence-electron chi connectivity index (χ2n) is 8.12. The number of carbonyl (C=O) groups is 1. The Labute approximate surface area is 208 Å². The first-order valence-corrected chi connectivity index (χ1v) is 11.5. The van der Waals surface area contributed by atoms with Crippen molar-refractivity contribution in [2.75, 3.05) is 26.9 Å². The molecule has 0 aliphatic carbocycles. The molecule has 1 unspecified atom stereocenters. The van der Waals surface area contributed by atoms with Gasteiger partial charge in [-0.05, 0) is 67.4 Å². The van der Waals surface area contributed by atoms with Crippen LogP contribution in [0.25, 0.3) is 11.3 Å². The van der Waals surface area contributed by atoms with Crippen molar-refractivity contribution in [3.8, 4) is 22.8 Å². The largest absolute Gasteiger partial charge is 0.493 e. The van der Waals surface area contributed by atoms with Gasteiger partial charge in [-0.1, -0.05) is 18.5 Å². The summed E-state index contributed by atoms with van der Waals surface area (Å²) in [6.07, 6.45) is 0.685. The van der Waals surface area contributed by atoms with Crippen LogP contribution in [0, 0.1) is 5.82 Å². The number of aliphatic hydroxyl groups is 2. The molecular formula is C26H28ClFN2O5. The van der Waals surface area contributed by atoms with Crippen LogP contribution in [-0.4, -0.2) is 48.0 Å². The summed E-state index contributed by atoms with van der Waals surface area (Å²) in [5, 5.41) is 22.8. The van der Waals surface area contributed by atoms with Crippen molar-refractivity contribution >= 4 is 17.5 Å². The predicted molar refractivity (Wildman–Crippen MR) is 131 cm³/mol. The zero-order valence-corrected chi connectivity index (χ0v) is 20.5. The molecule has 1 atom stereocenters. The average Bonchev–Trinajstić information content (AvgIpc) is 2.87. The first-order valence-electron chi connectivity index (χ1n) is 11.1. The first kappa shape index (κ1) is 26.4. The van der Waals surface area contributed by atoms with E-state index in [1.807, 2.05) is 13.0 Å². The molecule has 0 aliphatic rings. The Morgan fingerprint density at radius 1 is 1.17 bits per heavy atom. The first-order chi connectivity index (χ1) is 16.7. The minimum Gasteiger partial charge on any atom is -0.493 e. The number of halogens is 2. The topological polar surface area (TPSA) is 101 Å². The molecule has 3 N–H and O–H groups in total. The van der Waals surface area contributed by atoms with Crippen LogP contribution >= 0.6 is 11.6 Å². The minimum atomic E-state index is -1.49. The monoisotopic (exact) mass is 502 g/mol. The number of rotatable bonds is 10. The van der Waals surface area contributed by atoms with Crippen LogP contribution in [0.15, 0.2) is 48.5 Å². The third-order valence-electron chi connectivity index (χ3n) is 5.43. The summed E-state index contributed by atoms with van der Waals surface area (Å²) >= 11 is 5.94. The lowest BCUT2D eigenvalue weighted by Gasteiger charge is -2.24. The van der Waals surface area contributed by atoms with Crippen LogP contribution in [0.2, 0.25) is 5.02 Å². The van der Waals surface area contributed by atoms with Crippen LogP contribution in [0.5, 0.6) is 11.5 Å². The van der Waals surface area contributed by atoms with Gasteiger partial charge in [-0.15, -0.1) is 0 Å². The molecule has 0 saturated carbocycles. The molecule has 7 nitrogen and oxygen atoms in total. The maximum Gasteiger partial charge on any atom is 0.251 e. The van der Waals surface area contributed by atoms with E-state index >= 15 is 0 Å². The molecule has 2 aromatic carbocycles. The number of carbonyl (C=O) groups excluding carboxylic acids is 1. The molecule has 0 fully saturated rings. The number of nitrogens with one attached hydrogen (secondary N) is 1. The van der Waals surface area contributed by atoms with Gasteiger partial charge in [-0.2, -0.15) is 0 Å². The zero-order chi connectivity index (χ0) is 25.6. The molecule has 9 heteroatoms. The summed E-state index contributed by atoms with van der Waals surface area (Å²) in [7, 11) is 1.45. The quantitative estimate of drug-likeness (QED) is 0.385. The van der Waals surface area contributed by atoms with Crippen molar-refractivity contribution in [3.05, 3.63) is 76.2 Å². The Balaban J connectivity index is 1.81. The van der Waals surface area contributed by atoms with Crippen LogP contribution in [-0.2, 0) is 12.0 Å². The summed E-state index contributed by atoms with van der Waals surface area (Å²) in [5.41, 5.74) is 1.25. The third kappa shape index (κ3) is 6.48. The number of amides is 1. The summed E-state index contributed by atoms with van der Waals surface area (Å²) in [4.78, 5) is 17.3. The van der Waals surface area contributed by atoms with Gasteiger partial charge < -0.3 is 25.0 Å². The molecule has 3 rings (SSSR count). The van der Waals surface area contributed by atoms with Crippen molar-refractivity contribution in [2.45, 2.75) is 25.9 Å². The van der Waals surface area contributed by atoms with Gasteiger partial charge in [0.2, 0.25) is 0 Å². The van der Waals surface area contributed by atoms with Gasteiger partial charge in [0.15, 0.2) is 11.5 Å². The summed E-state index contributed by atoms with van der Waals surface area (Å²) in [5.74, 6) is -0.201. The van der Waals surface area contributed by atoms with E-state index in [4.69, 9.17) is 26.2 Å². The van der Waals surface area contributed by atoms with Crippen molar-refractivity contribution in [1.29, 1.82) is 0 Å². The van der Waals surface area contributed by atoms with Gasteiger partial charge in [0.1, 0.15) is 18.0 Å². The van der Waals surface area contributed by atoms with Crippen molar-refractivity contribution < 1.29 is 28.9 Å². The number of nitrogens with zero attached hydrogens (tertiary/aromatic N) is 1. The average molecular weight is 503 g/mol. The zero-order valence-electron chi connectivity index (χ0n) is 19.8. The van der Waals surface area contributed by atoms with Gasteiger partial charge in [-0.25, -0.2) is 9.37 Å². The molecule has 0 spiro atoms. The molecule has 1 heterocycles. The van der Waals surface area contributed by atoms with Gasteiger partial charge >= 0.3 is 0 Å². The molecule has 0 bridgehead atoms. The number of aryl methyl sites for hydroxylation is 1. The lowest BCUT2D eigenvalue weighted by Crippen LogP contribution is -2.39. The number of methoxy groups -OCH3 is 1. The van der Waals surface area contributed by atoms with E-state index in [0.717, 1.165) is 5.56 Å². The van der Waals surface area contributed by atoms with Crippen LogP contribution in [0.3, 0.4) is 0 Å². The van der Waals surface area contributed by atoms with E-state index in [2.05, 4.69) is 10.3 Å². The lowest BCUT2D eigenvalue weighted by atomic mass is 9.97. The molecule has 1 aromatic heterocycles. The number of benzene rings is 2. The number of pyridine rings is 1. The fraction of sp³-hybridized carbons (Fsp3) is 0.308. The molecule has 1 amide bonds. The highest BCUT2D eigenvalue weighted by atomic mass is 35.5. The van der Waals surface area contributed by atoms with Crippen molar-refractivity contribution in [1.82, 2.24) is 10.3 Å². The fourth-order valence-corrected chi connectivity index (χ4v) is 3.58. The van der Waals surface area contributed by atoms with E-state index in [-0.39, 0.29) is 24.8 Å². The Morgan fingerprint density at radius 3 is 2.60 bits per heavy atom. The van der Waals surface area contributed by atoms with Crippen molar-refractivity contribution in [3.63, 3.8) is 0 Å². The standard InChI is InChI=1S/C26H28ClFN2O5/c1-4-16-11-21(17-5-7-20(28)19(27)13-17)30-24(12-16)26(2,33)15-29-25(32)18-6-8-22(35-10-9-31)23(14-18)34-3/h5-8,11-14,31,33H,4,9-10,15H2,1-3H3,(H,29,32). The number of aliphatic hydroxyl groups excluding tert-OH is 1. The van der Waals surface area contributed by atoms with Crippen LogP contribution in [0.1, 0.15) is 35.5 Å². The lowest BCUT2D eigenvalue weighted by molar-refractivity contribution is 0.0489. The smallest absolute Gasteiger partial charge is 0.251 e. The van der Waals surface area contributed by atoms with E-state index in [0.29, 0.717) is 40.4 Å². The molecule has 35 heavy (non-hydrogen) atoms. The van der Waals surface area contributed by atoms with Gasteiger partial charge in [0.05, 0.1) is 36.7 Å². The highest BCUT2D eigenvalue weighted by Crippen LogP contribution is 2.29. The second kappa shape index (κ2) is 11.5. The van der Waals surface area contributed by atoms with E-state index in [1.54, 1.807) is 31.2 Å². The SMILES string of the molecule is CCc1cc(-c2ccc(F)c(Cl)c2)nc(C(C)(O)CNC(=O)c2ccc(OCCO)c(OC)c2)c1. The molecule has 3 aromatic rings. The highest BCUT2D eigenvalue weighted by molar-refractivity contribution is 6.31. The molecule has 0 saturated heterocycles. The normalized spacial score (nSPS) is 12.7. The maximum atomic E-state index is 13.6. The van der Waals surface area contributed by atoms with Gasteiger partial charge in [0, 0.05) is 11.1 Å². The maximum absolute atomic E-state index is 13.6. The predicted octanol–water partition coefficient (Wildman–Crippen LogP) is 4.12. The van der Waals surface area contributed by atoms with Gasteiger partial charge in [0.25, 0.3) is 5.91 Å². The van der Waals surface area contributed by atoms with Crippen LogP contribution < -0.4 is 14.8 Å². The Bertz CT molecular complexity index is 1200. The van der Waals surface area contributed by atoms with Crippen molar-refractivity contribution in [2.24, 2.45) is 0 Å². The molecular weight excluding hydrogens is 475 g/mol. The Morgan fingerprint density at radius 2 is 1.94 bits per heavy atom. The number of aromatic nitrogens is 1. The second-order valence-corrected chi connectivity index (χ2v) is 8.53. The number of hydrogen-bond donors (Lipinski definition) is 3. The van der Waals surface area contributed by atoms with Gasteiger partial charge in [-0.3, -0.25) is 4.79 Å². The molecule has 186 valence electrons. The molecule has 0 radical (unpaired) electrons. The third-order valence-corrected chi connectivity index (χ3v) is 5.72. The Hall–Kier alpha value is -3.20. The molecule has 0 aliphatic heterocycles. The van der Waals surface area contributed by atoms with E-state index in [1.165, 1.54) is 25.3 Å². The van der Waals surface area contributed by atoms with Crippen LogP contribution in [0.4, 0.5) is 4.39 Å². The Kier molecular flexibility index (Phi) is 8.67. The number of hydrogen-bond acceptors (Lipinski definition) is 6. The fourth-order valence-electron chi connectivity index (χ4n) is 3.40.